The van der Waals surface area contributed by atoms with Gasteiger partial charge in [-0.05, 0) is 144 Å². The van der Waals surface area contributed by atoms with Gasteiger partial charge in [-0.15, -0.1) is 32.9 Å². The largest absolute Gasteiger partial charge is 0.504 e. The standard InChI is InChI=1S/C19H18N2OS.C16H21NO2.C14H15N3O4.C12H15N7.C12H18N2OS/c1-12-8-7-9-13(2)16(12)20-18(22)17-14(3)23-19(21-17)15-10-5-4-6-11-15;1-11-5-3-6-12(2)16(11)17-15(19)10-13-7-4-8-14(18)9-13;1-7-10(14(20)21-3)8(2)16-11(7)13(19)17-12-9(18)5-4-6-15-12;1-7(12-15-17-18-16-12)4-10-9-6-13-19(3)11(9)5-8(2)14-10;1-9-5-7-16-11(9)12(15)13-8-10-4-3-6-14(10)2/h4-11H,1-3H3,(H,20,22);3,5-6,13H,4,7-10H2,1-2H3,(H,17,19);4-6,8,18H,1-3H3,(H,15,17,19);5-7H,4H2,1-3H3,(H,15,16,17,18);5,7,10H,3-4,6,8H2,1-2H3,(H,13,15)/p+1/t;;8-;7-;10-/m..111/s1. The van der Waals surface area contributed by atoms with Gasteiger partial charge in [-0.3, -0.25) is 38.6 Å². The average molecular weight is 1370 g/mol. The number of quaternary nitrogens is 1. The van der Waals surface area contributed by atoms with Crippen LogP contribution in [-0.2, 0) is 37.4 Å². The first kappa shape index (κ1) is 73.8. The zero-order chi connectivity index (χ0) is 70.7. The summed E-state index contributed by atoms with van der Waals surface area (Å²) in [5.41, 5.74) is 12.7. The summed E-state index contributed by atoms with van der Waals surface area (Å²) in [6, 6.07) is 29.0. The topological polar surface area (TPSA) is 308 Å². The van der Waals surface area contributed by atoms with Gasteiger partial charge >= 0.3 is 5.97 Å². The van der Waals surface area contributed by atoms with E-state index in [0.29, 0.717) is 53.8 Å². The number of fused-ring (bicyclic) bond motifs is 1. The first-order valence-corrected chi connectivity index (χ1v) is 34.4. The van der Waals surface area contributed by atoms with Gasteiger partial charge in [0.15, 0.2) is 17.4 Å². The fourth-order valence-corrected chi connectivity index (χ4v) is 13.6. The second-order valence-corrected chi connectivity index (χ2v) is 27.0. The zero-order valence-corrected chi connectivity index (χ0v) is 59.6. The minimum atomic E-state index is -0.535. The van der Waals surface area contributed by atoms with Crippen LogP contribution in [0.2, 0.25) is 0 Å². The third-order valence-corrected chi connectivity index (χ3v) is 19.4. The number of thiophene rings is 1. The van der Waals surface area contributed by atoms with Crippen molar-refractivity contribution >= 4 is 91.9 Å². The Morgan fingerprint density at radius 1 is 0.816 bits per heavy atom. The number of ether oxygens (including phenoxy) is 1. The fraction of sp³-hybridized carbons (Fsp3) is 0.370. The van der Waals surface area contributed by atoms with Gasteiger partial charge in [-0.2, -0.15) is 10.3 Å². The normalized spacial score (nSPS) is 16.5. The Hall–Kier alpha value is -9.98. The number of carbonyl (C=O) groups is 6. The van der Waals surface area contributed by atoms with E-state index in [4.69, 9.17) is 0 Å². The van der Waals surface area contributed by atoms with Crippen molar-refractivity contribution in [3.05, 3.63) is 180 Å². The number of aliphatic imine (C=N–C) groups is 1. The molecule has 3 aromatic carbocycles. The molecule has 23 nitrogen and oxygen atoms in total. The number of aromatic amines is 1. The Labute approximate surface area is 579 Å². The molecular formula is C73H88N15O8S2+. The zero-order valence-electron chi connectivity index (χ0n) is 57.9. The van der Waals surface area contributed by atoms with Crippen LogP contribution < -0.4 is 26.2 Å². The number of benzene rings is 3. The lowest BCUT2D eigenvalue weighted by atomic mass is 9.86. The molecule has 7 N–H and O–H groups in total. The number of para-hydroxylation sites is 2. The first-order valence-electron chi connectivity index (χ1n) is 32.7. The number of thiazole rings is 1. The summed E-state index contributed by atoms with van der Waals surface area (Å²) in [5, 5.41) is 43.5. The molecule has 0 radical (unpaired) electrons. The highest BCUT2D eigenvalue weighted by Crippen LogP contribution is 2.31. The summed E-state index contributed by atoms with van der Waals surface area (Å²) in [6.45, 7) is 21.3. The number of likely N-dealkylation sites (tertiary alicyclic amines) is 1. The molecule has 98 heavy (non-hydrogen) atoms. The van der Waals surface area contributed by atoms with Gasteiger partial charge in [0.05, 0.1) is 61.1 Å². The van der Waals surface area contributed by atoms with E-state index in [2.05, 4.69) is 85.6 Å². The number of likely N-dealkylation sites (N-methyl/N-ethyl adjacent to an activating group) is 1. The molecule has 25 heteroatoms. The fourth-order valence-electron chi connectivity index (χ4n) is 11.9. The molecule has 3 aliphatic rings. The number of amides is 4. The van der Waals surface area contributed by atoms with E-state index in [1.807, 2.05) is 151 Å². The SMILES string of the molecule is COC(=O)C1=C(C)C(C(=O)Nc2ncccc2O)=N[C@@H]1C.Cc1cc2c(cnn2C)c(C[C@@H](C)c2nn[nH]n2)n1.Cc1cccc(C)c1NC(=O)CC1CCCC(=O)C1.Cc1cccc(C)c1NC(=O)c1nc(-c2ccccc2)sc1C.Cc1ccsc1C(=O)NC[C@H]1CCC[NH+]1C. The minimum absolute atomic E-state index is 0.0251. The van der Waals surface area contributed by atoms with E-state index < -0.39 is 17.9 Å². The molecule has 1 aliphatic carbocycles. The number of Topliss-reactive ketones (excluding diaryl/α,β-unsaturated/α-hetero) is 1. The predicted octanol–water partition coefficient (Wildman–Crippen LogP) is 11.0. The van der Waals surface area contributed by atoms with E-state index in [1.54, 1.807) is 36.2 Å². The number of aryl methyl sites for hydroxylation is 8. The van der Waals surface area contributed by atoms with E-state index >= 15 is 0 Å². The van der Waals surface area contributed by atoms with Crippen molar-refractivity contribution in [1.82, 2.24) is 50.7 Å². The maximum absolute atomic E-state index is 12.6. The van der Waals surface area contributed by atoms with Gasteiger partial charge < -0.3 is 36.0 Å². The predicted molar refractivity (Wildman–Crippen MR) is 384 cm³/mol. The summed E-state index contributed by atoms with van der Waals surface area (Å²) in [6.07, 6.45) is 10.2. The lowest BCUT2D eigenvalue weighted by Crippen LogP contribution is -3.11. The van der Waals surface area contributed by atoms with Crippen molar-refractivity contribution in [2.75, 3.05) is 43.2 Å². The second-order valence-electron chi connectivity index (χ2n) is 24.9. The van der Waals surface area contributed by atoms with Crippen LogP contribution in [0.3, 0.4) is 0 Å². The summed E-state index contributed by atoms with van der Waals surface area (Å²) in [7, 11) is 5.42. The Balaban J connectivity index is 0.000000157. The average Bonchev–Trinajstić information content (AvgIpc) is 1.65. The van der Waals surface area contributed by atoms with Gasteiger partial charge in [0.2, 0.25) is 5.91 Å². The van der Waals surface area contributed by atoms with Crippen LogP contribution in [-0.4, -0.2) is 131 Å². The first-order chi connectivity index (χ1) is 46.9. The van der Waals surface area contributed by atoms with Crippen molar-refractivity contribution in [1.29, 1.82) is 0 Å². The van der Waals surface area contributed by atoms with Crippen molar-refractivity contribution in [2.24, 2.45) is 18.0 Å². The number of hydrogen-bond acceptors (Lipinski definition) is 18. The number of rotatable bonds is 15. The maximum Gasteiger partial charge on any atom is 0.336 e. The number of tetrazole rings is 1. The van der Waals surface area contributed by atoms with Crippen LogP contribution in [0.1, 0.15) is 142 Å². The van der Waals surface area contributed by atoms with Gasteiger partial charge in [0, 0.05) is 90.6 Å². The molecule has 1 saturated heterocycles. The minimum Gasteiger partial charge on any atom is -0.504 e. The number of methoxy groups -OCH3 is 1. The van der Waals surface area contributed by atoms with Crippen LogP contribution in [0.15, 0.2) is 125 Å². The molecule has 2 fully saturated rings. The number of nitrogens with one attached hydrogen (secondary N) is 6. The van der Waals surface area contributed by atoms with E-state index in [9.17, 15) is 33.9 Å². The molecule has 514 valence electrons. The Morgan fingerprint density at radius 3 is 2.12 bits per heavy atom. The molecule has 2 aliphatic heterocycles. The number of hydrogen-bond donors (Lipinski definition) is 7. The molecule has 1 saturated carbocycles. The number of esters is 1. The van der Waals surface area contributed by atoms with Crippen molar-refractivity contribution in [2.45, 2.75) is 139 Å². The van der Waals surface area contributed by atoms with E-state index in [0.717, 1.165) is 108 Å². The molecule has 6 aromatic heterocycles. The summed E-state index contributed by atoms with van der Waals surface area (Å²) in [4.78, 5) is 92.4. The number of aromatic nitrogens is 9. The van der Waals surface area contributed by atoms with E-state index in [-0.39, 0.29) is 46.8 Å². The summed E-state index contributed by atoms with van der Waals surface area (Å²) in [5.74, 6) is 0.213. The quantitative estimate of drug-likeness (QED) is 0.0469. The Bertz CT molecular complexity index is 4310. The molecule has 8 heterocycles. The monoisotopic (exact) mass is 1370 g/mol. The number of nitrogens with zero attached hydrogens (tertiary/aromatic N) is 9. The highest BCUT2D eigenvalue weighted by molar-refractivity contribution is 7.15. The van der Waals surface area contributed by atoms with Gasteiger partial charge in [0.25, 0.3) is 17.7 Å². The van der Waals surface area contributed by atoms with Crippen LogP contribution in [0, 0.1) is 54.4 Å². The lowest BCUT2D eigenvalue weighted by molar-refractivity contribution is -0.890. The Morgan fingerprint density at radius 2 is 1.51 bits per heavy atom. The third-order valence-electron chi connectivity index (χ3n) is 17.3. The van der Waals surface area contributed by atoms with Gasteiger partial charge in [-0.25, -0.2) is 14.8 Å². The molecule has 4 amide bonds. The van der Waals surface area contributed by atoms with Crippen LogP contribution in [0.5, 0.6) is 5.75 Å². The Kier molecular flexibility index (Phi) is 26.2. The summed E-state index contributed by atoms with van der Waals surface area (Å²) >= 11 is 3.06. The van der Waals surface area contributed by atoms with Crippen molar-refractivity contribution in [3.63, 3.8) is 0 Å². The molecular weight excluding hydrogens is 1280 g/mol. The molecule has 0 spiro atoms. The second kappa shape index (κ2) is 34.8. The van der Waals surface area contributed by atoms with Crippen LogP contribution in [0.4, 0.5) is 17.2 Å². The van der Waals surface area contributed by atoms with Gasteiger partial charge in [-0.1, -0.05) is 78.9 Å². The third kappa shape index (κ3) is 19.6. The maximum atomic E-state index is 12.6. The smallest absolute Gasteiger partial charge is 0.336 e. The summed E-state index contributed by atoms with van der Waals surface area (Å²) < 4.78 is 6.55. The van der Waals surface area contributed by atoms with E-state index in [1.165, 1.54) is 50.1 Å². The number of ketones is 1. The highest BCUT2D eigenvalue weighted by Gasteiger charge is 2.32. The molecule has 0 bridgehead atoms. The van der Waals surface area contributed by atoms with Crippen molar-refractivity contribution in [3.8, 4) is 16.3 Å². The van der Waals surface area contributed by atoms with Crippen LogP contribution >= 0.6 is 22.7 Å². The van der Waals surface area contributed by atoms with Crippen LogP contribution in [0.25, 0.3) is 21.5 Å². The number of carbonyl (C=O) groups excluding carboxylic acids is 6. The number of aromatic hydroxyl groups is 1. The molecule has 12 rings (SSSR count). The lowest BCUT2D eigenvalue weighted by Gasteiger charge is -2.20. The number of H-pyrrole nitrogens is 1. The number of pyridine rings is 2. The molecule has 5 atom stereocenters. The highest BCUT2D eigenvalue weighted by atomic mass is 32.1. The molecule has 2 unspecified atom stereocenters. The van der Waals surface area contributed by atoms with Crippen molar-refractivity contribution < 1.29 is 43.5 Å². The van der Waals surface area contributed by atoms with Gasteiger partial charge in [0.1, 0.15) is 28.2 Å². The molecule has 9 aromatic rings. The number of anilines is 3.